The minimum absolute atomic E-state index is 0.0179. The quantitative estimate of drug-likeness (QED) is 0.845. The first kappa shape index (κ1) is 14.3. The molecule has 0 unspecified atom stereocenters. The molecule has 2 aromatic rings. The van der Waals surface area contributed by atoms with Gasteiger partial charge in [0.25, 0.3) is 0 Å². The summed E-state index contributed by atoms with van der Waals surface area (Å²) in [5.41, 5.74) is 2.31. The molecule has 0 saturated heterocycles. The highest BCUT2D eigenvalue weighted by Crippen LogP contribution is 2.21. The van der Waals surface area contributed by atoms with Crippen LogP contribution in [0.4, 0.5) is 0 Å². The lowest BCUT2D eigenvalue weighted by Crippen LogP contribution is -2.35. The lowest BCUT2D eigenvalue weighted by Gasteiger charge is -2.19. The fourth-order valence-electron chi connectivity index (χ4n) is 2.17. The summed E-state index contributed by atoms with van der Waals surface area (Å²) in [5.74, 6) is 0.0179. The van der Waals surface area contributed by atoms with Crippen molar-refractivity contribution in [3.05, 3.63) is 71.8 Å². The highest BCUT2D eigenvalue weighted by atomic mass is 16.1. The van der Waals surface area contributed by atoms with E-state index in [0.29, 0.717) is 13.1 Å². The minimum Gasteiger partial charge on any atom is -0.355 e. The average Bonchev–Trinajstić information content (AvgIpc) is 2.50. The molecule has 2 rings (SSSR count). The maximum absolute atomic E-state index is 11.6. The Kier molecular flexibility index (Phi) is 5.33. The van der Waals surface area contributed by atoms with Crippen LogP contribution in [0.5, 0.6) is 0 Å². The Morgan fingerprint density at radius 1 is 0.950 bits per heavy atom. The van der Waals surface area contributed by atoms with Gasteiger partial charge in [-0.1, -0.05) is 60.7 Å². The van der Waals surface area contributed by atoms with Crippen LogP contribution in [-0.4, -0.2) is 19.0 Å². The second-order valence-electron chi connectivity index (χ2n) is 4.59. The fourth-order valence-corrected chi connectivity index (χ4v) is 2.17. The molecule has 3 heteroatoms. The molecular weight excluding hydrogens is 248 g/mol. The van der Waals surface area contributed by atoms with Gasteiger partial charge < -0.3 is 5.32 Å². The topological polar surface area (TPSA) is 41.1 Å². The van der Waals surface area contributed by atoms with Gasteiger partial charge >= 0.3 is 0 Å². The highest BCUT2D eigenvalue weighted by Gasteiger charge is 2.14. The van der Waals surface area contributed by atoms with Crippen LogP contribution in [0.2, 0.25) is 0 Å². The maximum atomic E-state index is 11.6. The van der Waals surface area contributed by atoms with Gasteiger partial charge in [0.1, 0.15) is 0 Å². The molecule has 0 aliphatic heterocycles. The molecule has 0 aromatic heterocycles. The van der Waals surface area contributed by atoms with Crippen LogP contribution in [0, 0.1) is 0 Å². The number of rotatable bonds is 6. The summed E-state index contributed by atoms with van der Waals surface area (Å²) in [7, 11) is 0. The van der Waals surface area contributed by atoms with Gasteiger partial charge in [-0.25, -0.2) is 0 Å². The highest BCUT2D eigenvalue weighted by molar-refractivity contribution is 5.78. The van der Waals surface area contributed by atoms with Crippen LogP contribution in [-0.2, 0) is 4.79 Å². The van der Waals surface area contributed by atoms with E-state index in [4.69, 9.17) is 0 Å². The van der Waals surface area contributed by atoms with Crippen molar-refractivity contribution in [2.45, 2.75) is 13.0 Å². The van der Waals surface area contributed by atoms with Crippen LogP contribution >= 0.6 is 0 Å². The first-order valence-corrected chi connectivity index (χ1v) is 6.91. The summed E-state index contributed by atoms with van der Waals surface area (Å²) in [4.78, 5) is 11.6. The number of hydrogen-bond acceptors (Lipinski definition) is 2. The molecule has 0 heterocycles. The number of amides is 1. The van der Waals surface area contributed by atoms with Crippen molar-refractivity contribution in [2.24, 2.45) is 0 Å². The van der Waals surface area contributed by atoms with Crippen molar-refractivity contribution in [1.82, 2.24) is 10.6 Å². The second kappa shape index (κ2) is 7.46. The molecule has 0 saturated carbocycles. The molecule has 0 radical (unpaired) electrons. The van der Waals surface area contributed by atoms with Crippen LogP contribution in [0.15, 0.2) is 60.7 Å². The third-order valence-corrected chi connectivity index (χ3v) is 3.11. The molecule has 0 aliphatic carbocycles. The smallest absolute Gasteiger partial charge is 0.233 e. The predicted octanol–water partition coefficient (Wildman–Crippen LogP) is 2.50. The summed E-state index contributed by atoms with van der Waals surface area (Å²) in [6.45, 7) is 2.88. The number of carbonyl (C=O) groups is 1. The van der Waals surface area contributed by atoms with Gasteiger partial charge in [0.05, 0.1) is 12.6 Å². The van der Waals surface area contributed by atoms with E-state index >= 15 is 0 Å². The largest absolute Gasteiger partial charge is 0.355 e. The van der Waals surface area contributed by atoms with Crippen molar-refractivity contribution in [2.75, 3.05) is 13.1 Å². The zero-order valence-corrected chi connectivity index (χ0v) is 11.7. The van der Waals surface area contributed by atoms with Gasteiger partial charge in [0, 0.05) is 6.54 Å². The zero-order valence-electron chi connectivity index (χ0n) is 11.7. The Balaban J connectivity index is 2.15. The van der Waals surface area contributed by atoms with Crippen LogP contribution in [0.3, 0.4) is 0 Å². The van der Waals surface area contributed by atoms with Crippen molar-refractivity contribution in [3.8, 4) is 0 Å². The van der Waals surface area contributed by atoms with E-state index in [1.807, 2.05) is 43.3 Å². The molecule has 0 atom stereocenters. The molecule has 1 amide bonds. The Morgan fingerprint density at radius 2 is 1.45 bits per heavy atom. The lowest BCUT2D eigenvalue weighted by molar-refractivity contribution is -0.120. The van der Waals surface area contributed by atoms with E-state index in [-0.39, 0.29) is 11.9 Å². The molecule has 0 aliphatic rings. The van der Waals surface area contributed by atoms with Gasteiger partial charge in [-0.05, 0) is 18.1 Å². The summed E-state index contributed by atoms with van der Waals surface area (Å²) in [6.07, 6.45) is 0. The van der Waals surface area contributed by atoms with Crippen molar-refractivity contribution in [3.63, 3.8) is 0 Å². The lowest BCUT2D eigenvalue weighted by atomic mass is 9.99. The average molecular weight is 268 g/mol. The summed E-state index contributed by atoms with van der Waals surface area (Å²) in [5, 5.41) is 6.13. The van der Waals surface area contributed by atoms with E-state index in [1.165, 1.54) is 0 Å². The molecule has 0 spiro atoms. The summed E-state index contributed by atoms with van der Waals surface area (Å²) in [6, 6.07) is 20.4. The van der Waals surface area contributed by atoms with E-state index < -0.39 is 0 Å². The van der Waals surface area contributed by atoms with E-state index in [9.17, 15) is 4.79 Å². The Morgan fingerprint density at radius 3 is 1.90 bits per heavy atom. The van der Waals surface area contributed by atoms with Crippen molar-refractivity contribution in [1.29, 1.82) is 0 Å². The van der Waals surface area contributed by atoms with Gasteiger partial charge in [-0.3, -0.25) is 10.1 Å². The number of benzene rings is 2. The molecule has 2 aromatic carbocycles. The predicted molar refractivity (Wildman–Crippen MR) is 81.4 cm³/mol. The number of hydrogen-bond donors (Lipinski definition) is 2. The Hall–Kier alpha value is -2.13. The number of likely N-dealkylation sites (N-methyl/N-ethyl adjacent to an activating group) is 1. The van der Waals surface area contributed by atoms with Gasteiger partial charge in [0.15, 0.2) is 0 Å². The van der Waals surface area contributed by atoms with Crippen LogP contribution in [0.1, 0.15) is 24.1 Å². The van der Waals surface area contributed by atoms with Crippen molar-refractivity contribution >= 4 is 5.91 Å². The normalized spacial score (nSPS) is 10.5. The number of nitrogens with one attached hydrogen (secondary N) is 2. The molecule has 2 N–H and O–H groups in total. The summed E-state index contributed by atoms with van der Waals surface area (Å²) >= 11 is 0. The van der Waals surface area contributed by atoms with Crippen LogP contribution in [0.25, 0.3) is 0 Å². The first-order chi connectivity index (χ1) is 9.81. The third kappa shape index (κ3) is 3.93. The second-order valence-corrected chi connectivity index (χ2v) is 4.59. The van der Waals surface area contributed by atoms with E-state index in [2.05, 4.69) is 34.9 Å². The number of carbonyl (C=O) groups excluding carboxylic acids is 1. The van der Waals surface area contributed by atoms with E-state index in [1.54, 1.807) is 0 Å². The fraction of sp³-hybridized carbons (Fsp3) is 0.235. The van der Waals surface area contributed by atoms with E-state index in [0.717, 1.165) is 11.1 Å². The molecule has 104 valence electrons. The third-order valence-electron chi connectivity index (χ3n) is 3.11. The molecular formula is C17H20N2O. The van der Waals surface area contributed by atoms with Gasteiger partial charge in [-0.15, -0.1) is 0 Å². The molecule has 0 bridgehead atoms. The molecule has 20 heavy (non-hydrogen) atoms. The minimum atomic E-state index is 0.0179. The monoisotopic (exact) mass is 268 g/mol. The maximum Gasteiger partial charge on any atom is 0.233 e. The molecule has 0 fully saturated rings. The first-order valence-electron chi connectivity index (χ1n) is 6.91. The standard InChI is InChI=1S/C17H20N2O/c1-2-18-16(20)13-19-17(14-9-5-3-6-10-14)15-11-7-4-8-12-15/h3-12,17,19H,2,13H2,1H3,(H,18,20). The van der Waals surface area contributed by atoms with Gasteiger partial charge in [-0.2, -0.15) is 0 Å². The van der Waals surface area contributed by atoms with Crippen LogP contribution < -0.4 is 10.6 Å². The zero-order chi connectivity index (χ0) is 14.2. The Labute approximate surface area is 120 Å². The SMILES string of the molecule is CCNC(=O)CNC(c1ccccc1)c1ccccc1. The Bertz CT molecular complexity index is 486. The summed E-state index contributed by atoms with van der Waals surface area (Å²) < 4.78 is 0. The van der Waals surface area contributed by atoms with Crippen molar-refractivity contribution < 1.29 is 4.79 Å². The van der Waals surface area contributed by atoms with Gasteiger partial charge in [0.2, 0.25) is 5.91 Å². The molecule has 3 nitrogen and oxygen atoms in total.